The third kappa shape index (κ3) is 2.15. The van der Waals surface area contributed by atoms with Crippen LogP contribution in [0.2, 0.25) is 0 Å². The summed E-state index contributed by atoms with van der Waals surface area (Å²) < 4.78 is 27.3. The Balaban J connectivity index is 1.98. The largest absolute Gasteiger partial charge is 0.398 e. The van der Waals surface area contributed by atoms with E-state index in [-0.39, 0.29) is 10.9 Å². The van der Waals surface area contributed by atoms with Gasteiger partial charge in [0.05, 0.1) is 5.69 Å². The first-order chi connectivity index (χ1) is 9.10. The van der Waals surface area contributed by atoms with Crippen LogP contribution in [0.1, 0.15) is 32.1 Å². The van der Waals surface area contributed by atoms with Gasteiger partial charge in [0, 0.05) is 12.6 Å². The Morgan fingerprint density at radius 1 is 1.11 bits per heavy atom. The third-order valence-electron chi connectivity index (χ3n) is 4.45. The fourth-order valence-electron chi connectivity index (χ4n) is 3.55. The van der Waals surface area contributed by atoms with E-state index in [9.17, 15) is 8.42 Å². The second kappa shape index (κ2) is 4.80. The van der Waals surface area contributed by atoms with Crippen LogP contribution in [0.15, 0.2) is 29.2 Å². The highest BCUT2D eigenvalue weighted by Gasteiger charge is 2.41. The van der Waals surface area contributed by atoms with Crippen molar-refractivity contribution in [1.29, 1.82) is 0 Å². The van der Waals surface area contributed by atoms with E-state index in [0.717, 1.165) is 19.3 Å². The van der Waals surface area contributed by atoms with Gasteiger partial charge in [-0.2, -0.15) is 4.31 Å². The predicted molar refractivity (Wildman–Crippen MR) is 75.1 cm³/mol. The highest BCUT2D eigenvalue weighted by molar-refractivity contribution is 7.89. The zero-order valence-electron chi connectivity index (χ0n) is 11.0. The van der Waals surface area contributed by atoms with Gasteiger partial charge >= 0.3 is 0 Å². The molecule has 104 valence electrons. The molecule has 2 aliphatic rings. The van der Waals surface area contributed by atoms with Crippen molar-refractivity contribution in [2.45, 2.75) is 43.0 Å². The molecule has 5 heteroatoms. The van der Waals surface area contributed by atoms with Gasteiger partial charge in [0.25, 0.3) is 0 Å². The fraction of sp³-hybridized carbons (Fsp3) is 0.571. The molecule has 1 saturated heterocycles. The SMILES string of the molecule is Nc1ccccc1S(=O)(=O)N1CCCC2CCCC21. The van der Waals surface area contributed by atoms with E-state index in [1.807, 2.05) is 0 Å². The van der Waals surface area contributed by atoms with Gasteiger partial charge in [-0.15, -0.1) is 0 Å². The highest BCUT2D eigenvalue weighted by atomic mass is 32.2. The zero-order chi connectivity index (χ0) is 13.5. The summed E-state index contributed by atoms with van der Waals surface area (Å²) in [6, 6.07) is 6.97. The molecule has 2 unspecified atom stereocenters. The minimum atomic E-state index is -3.44. The number of anilines is 1. The zero-order valence-corrected chi connectivity index (χ0v) is 11.8. The summed E-state index contributed by atoms with van der Waals surface area (Å²) in [5.41, 5.74) is 6.19. The number of fused-ring (bicyclic) bond motifs is 1. The number of para-hydroxylation sites is 1. The second-order valence-corrected chi connectivity index (χ2v) is 7.41. The summed E-state index contributed by atoms with van der Waals surface area (Å²) in [6.07, 6.45) is 5.44. The summed E-state index contributed by atoms with van der Waals surface area (Å²) in [6.45, 7) is 0.637. The van der Waals surface area contributed by atoms with Gasteiger partial charge in [-0.05, 0) is 43.7 Å². The maximum atomic E-state index is 12.8. The molecule has 3 rings (SSSR count). The number of benzene rings is 1. The maximum absolute atomic E-state index is 12.8. The third-order valence-corrected chi connectivity index (χ3v) is 6.45. The normalized spacial score (nSPS) is 28.2. The van der Waals surface area contributed by atoms with Crippen LogP contribution in [0.3, 0.4) is 0 Å². The summed E-state index contributed by atoms with van der Waals surface area (Å²) in [7, 11) is -3.44. The van der Waals surface area contributed by atoms with Crippen molar-refractivity contribution in [3.63, 3.8) is 0 Å². The number of sulfonamides is 1. The first kappa shape index (κ1) is 12.9. The average Bonchev–Trinajstić information content (AvgIpc) is 2.86. The lowest BCUT2D eigenvalue weighted by molar-refractivity contribution is 0.202. The Hall–Kier alpha value is -1.07. The minimum Gasteiger partial charge on any atom is -0.398 e. The molecule has 2 atom stereocenters. The molecule has 1 heterocycles. The number of hydrogen-bond donors (Lipinski definition) is 1. The fourth-order valence-corrected chi connectivity index (χ4v) is 5.42. The monoisotopic (exact) mass is 280 g/mol. The van der Waals surface area contributed by atoms with Crippen molar-refractivity contribution in [1.82, 2.24) is 4.31 Å². The number of hydrogen-bond acceptors (Lipinski definition) is 3. The molecule has 2 N–H and O–H groups in total. The van der Waals surface area contributed by atoms with Crippen LogP contribution in [0.25, 0.3) is 0 Å². The lowest BCUT2D eigenvalue weighted by Crippen LogP contribution is -2.46. The number of nitrogen functional groups attached to an aromatic ring is 1. The Bertz CT molecular complexity index is 571. The van der Waals surface area contributed by atoms with Crippen LogP contribution in [0, 0.1) is 5.92 Å². The van der Waals surface area contributed by atoms with Crippen molar-refractivity contribution >= 4 is 15.7 Å². The number of piperidine rings is 1. The van der Waals surface area contributed by atoms with Crippen LogP contribution < -0.4 is 5.73 Å². The molecule has 4 nitrogen and oxygen atoms in total. The quantitative estimate of drug-likeness (QED) is 0.845. The Morgan fingerprint density at radius 3 is 2.63 bits per heavy atom. The van der Waals surface area contributed by atoms with E-state index in [4.69, 9.17) is 5.73 Å². The van der Waals surface area contributed by atoms with Gasteiger partial charge in [0.2, 0.25) is 10.0 Å². The summed E-state index contributed by atoms with van der Waals surface area (Å²) in [5.74, 6) is 0.550. The Labute approximate surface area is 114 Å². The van der Waals surface area contributed by atoms with Gasteiger partial charge in [0.1, 0.15) is 4.90 Å². The van der Waals surface area contributed by atoms with Gasteiger partial charge in [-0.3, -0.25) is 0 Å². The molecule has 1 aliphatic heterocycles. The van der Waals surface area contributed by atoms with E-state index >= 15 is 0 Å². The minimum absolute atomic E-state index is 0.193. The van der Waals surface area contributed by atoms with Crippen LogP contribution in [0.4, 0.5) is 5.69 Å². The van der Waals surface area contributed by atoms with Gasteiger partial charge in [0.15, 0.2) is 0 Å². The summed E-state index contributed by atoms with van der Waals surface area (Å²) in [4.78, 5) is 0.266. The summed E-state index contributed by atoms with van der Waals surface area (Å²) >= 11 is 0. The maximum Gasteiger partial charge on any atom is 0.245 e. The van der Waals surface area contributed by atoms with E-state index in [1.54, 1.807) is 28.6 Å². The molecule has 0 radical (unpaired) electrons. The van der Waals surface area contributed by atoms with Gasteiger partial charge < -0.3 is 5.73 Å². The molecule has 0 aromatic heterocycles. The topological polar surface area (TPSA) is 63.4 Å². The lowest BCUT2D eigenvalue weighted by atomic mass is 9.94. The van der Waals surface area contributed by atoms with E-state index in [2.05, 4.69) is 0 Å². The molecule has 1 aromatic carbocycles. The lowest BCUT2D eigenvalue weighted by Gasteiger charge is -2.36. The van der Waals surface area contributed by atoms with E-state index < -0.39 is 10.0 Å². The molecule has 0 bridgehead atoms. The smallest absolute Gasteiger partial charge is 0.245 e. The van der Waals surface area contributed by atoms with Crippen molar-refractivity contribution in [3.8, 4) is 0 Å². The van der Waals surface area contributed by atoms with Crippen LogP contribution >= 0.6 is 0 Å². The molecule has 2 fully saturated rings. The van der Waals surface area contributed by atoms with Crippen molar-refractivity contribution in [2.24, 2.45) is 5.92 Å². The molecule has 0 amide bonds. The average molecular weight is 280 g/mol. The van der Waals surface area contributed by atoms with Crippen molar-refractivity contribution in [3.05, 3.63) is 24.3 Å². The number of rotatable bonds is 2. The molecule has 0 spiro atoms. The highest BCUT2D eigenvalue weighted by Crippen LogP contribution is 2.39. The van der Waals surface area contributed by atoms with Crippen LogP contribution in [0.5, 0.6) is 0 Å². The second-order valence-electron chi connectivity index (χ2n) is 5.55. The molecule has 19 heavy (non-hydrogen) atoms. The molecular weight excluding hydrogens is 260 g/mol. The standard InChI is InChI=1S/C14H20N2O2S/c15-12-7-1-2-9-14(12)19(17,18)16-10-4-6-11-5-3-8-13(11)16/h1-2,7,9,11,13H,3-6,8,10,15H2. The number of nitrogens with zero attached hydrogens (tertiary/aromatic N) is 1. The molecule has 1 aliphatic carbocycles. The first-order valence-electron chi connectivity index (χ1n) is 6.97. The Kier molecular flexibility index (Phi) is 3.27. The summed E-state index contributed by atoms with van der Waals surface area (Å²) in [5, 5.41) is 0. The van der Waals surface area contributed by atoms with E-state index in [1.165, 1.54) is 12.8 Å². The first-order valence-corrected chi connectivity index (χ1v) is 8.41. The molecule has 1 aromatic rings. The number of nitrogens with two attached hydrogens (primary N) is 1. The molecular formula is C14H20N2O2S. The van der Waals surface area contributed by atoms with Gasteiger partial charge in [-0.1, -0.05) is 18.6 Å². The van der Waals surface area contributed by atoms with Crippen molar-refractivity contribution in [2.75, 3.05) is 12.3 Å². The van der Waals surface area contributed by atoms with Crippen molar-refractivity contribution < 1.29 is 8.42 Å². The Morgan fingerprint density at radius 2 is 1.84 bits per heavy atom. The molecule has 1 saturated carbocycles. The van der Waals surface area contributed by atoms with E-state index in [0.29, 0.717) is 18.2 Å². The van der Waals surface area contributed by atoms with Crippen LogP contribution in [-0.4, -0.2) is 25.3 Å². The predicted octanol–water partition coefficient (Wildman–Crippen LogP) is 2.22. The van der Waals surface area contributed by atoms with Crippen LogP contribution in [-0.2, 0) is 10.0 Å². The van der Waals surface area contributed by atoms with Gasteiger partial charge in [-0.25, -0.2) is 8.42 Å².